The molecule has 32 heavy (non-hydrogen) atoms. The number of rotatable bonds is 6. The zero-order chi connectivity index (χ0) is 22.8. The lowest BCUT2D eigenvalue weighted by molar-refractivity contribution is -0.123. The largest absolute Gasteiger partial charge is 0.494 e. The Hall–Kier alpha value is -2.96. The lowest BCUT2D eigenvalue weighted by Crippen LogP contribution is -2.27. The summed E-state index contributed by atoms with van der Waals surface area (Å²) in [6, 6.07) is 17.1. The first-order valence-corrected chi connectivity index (χ1v) is 11.5. The van der Waals surface area contributed by atoms with E-state index in [1.165, 1.54) is 4.90 Å². The molecule has 7 heteroatoms. The summed E-state index contributed by atoms with van der Waals surface area (Å²) >= 11 is 7.17. The van der Waals surface area contributed by atoms with Crippen LogP contribution in [-0.2, 0) is 11.3 Å². The Morgan fingerprint density at radius 3 is 2.47 bits per heavy atom. The van der Waals surface area contributed by atoms with Crippen LogP contribution in [-0.4, -0.2) is 27.2 Å². The van der Waals surface area contributed by atoms with Gasteiger partial charge in [0.05, 0.1) is 18.1 Å². The van der Waals surface area contributed by atoms with E-state index in [9.17, 15) is 9.59 Å². The van der Waals surface area contributed by atoms with E-state index in [0.717, 1.165) is 45.7 Å². The molecule has 1 aliphatic rings. The molecule has 0 aliphatic carbocycles. The number of hydrogen-bond acceptors (Lipinski definition) is 4. The van der Waals surface area contributed by atoms with Crippen molar-refractivity contribution in [3.8, 4) is 11.4 Å². The number of carbonyl (C=O) groups excluding carboxylic acids is 2. The fourth-order valence-corrected chi connectivity index (χ4v) is 4.79. The lowest BCUT2D eigenvalue weighted by Gasteiger charge is -2.13. The molecule has 0 N–H and O–H groups in total. The highest BCUT2D eigenvalue weighted by atomic mass is 35.5. The Balaban J connectivity index is 1.60. The monoisotopic (exact) mass is 466 g/mol. The maximum atomic E-state index is 13.0. The first kappa shape index (κ1) is 22.2. The SMILES string of the molecule is CCOc1ccc(-n2c(C)cc(/C=C3\SC(=O)N(Cc4ccccc4Cl)C3=O)c2C)cc1. The van der Waals surface area contributed by atoms with Gasteiger partial charge < -0.3 is 9.30 Å². The summed E-state index contributed by atoms with van der Waals surface area (Å²) in [6.45, 7) is 6.76. The summed E-state index contributed by atoms with van der Waals surface area (Å²) in [4.78, 5) is 27.1. The van der Waals surface area contributed by atoms with Crippen molar-refractivity contribution in [2.75, 3.05) is 6.61 Å². The highest BCUT2D eigenvalue weighted by molar-refractivity contribution is 8.18. The molecule has 1 aliphatic heterocycles. The summed E-state index contributed by atoms with van der Waals surface area (Å²) in [7, 11) is 0. The van der Waals surface area contributed by atoms with Gasteiger partial charge in [-0.15, -0.1) is 0 Å². The number of imide groups is 1. The molecule has 4 rings (SSSR count). The van der Waals surface area contributed by atoms with E-state index in [2.05, 4.69) is 4.57 Å². The van der Waals surface area contributed by atoms with E-state index in [0.29, 0.717) is 16.5 Å². The van der Waals surface area contributed by atoms with Crippen molar-refractivity contribution in [2.45, 2.75) is 27.3 Å². The predicted octanol–water partition coefficient (Wildman–Crippen LogP) is 6.38. The first-order valence-electron chi connectivity index (χ1n) is 10.3. The van der Waals surface area contributed by atoms with E-state index in [4.69, 9.17) is 16.3 Å². The third-order valence-corrected chi connectivity index (χ3v) is 6.60. The number of aryl methyl sites for hydroxylation is 1. The van der Waals surface area contributed by atoms with Gasteiger partial charge in [-0.25, -0.2) is 0 Å². The molecule has 2 aromatic carbocycles. The van der Waals surface area contributed by atoms with Crippen LogP contribution in [0.1, 0.15) is 29.4 Å². The molecule has 164 valence electrons. The quantitative estimate of drug-likeness (QED) is 0.395. The number of hydrogen-bond donors (Lipinski definition) is 0. The molecule has 0 bridgehead atoms. The minimum Gasteiger partial charge on any atom is -0.494 e. The van der Waals surface area contributed by atoms with Crippen LogP contribution in [0.5, 0.6) is 5.75 Å². The number of ether oxygens (including phenoxy) is 1. The average molecular weight is 467 g/mol. The van der Waals surface area contributed by atoms with Crippen molar-refractivity contribution in [2.24, 2.45) is 0 Å². The van der Waals surface area contributed by atoms with E-state index in [1.54, 1.807) is 12.1 Å². The number of carbonyl (C=O) groups is 2. The Bertz CT molecular complexity index is 1210. The minimum atomic E-state index is -0.300. The van der Waals surface area contributed by atoms with Gasteiger partial charge in [0, 0.05) is 22.1 Å². The second-order valence-electron chi connectivity index (χ2n) is 7.45. The third kappa shape index (κ3) is 4.33. The van der Waals surface area contributed by atoms with Crippen molar-refractivity contribution < 1.29 is 14.3 Å². The van der Waals surface area contributed by atoms with Crippen LogP contribution in [0.3, 0.4) is 0 Å². The molecular formula is C25H23ClN2O3S. The van der Waals surface area contributed by atoms with Gasteiger partial charge in [-0.1, -0.05) is 29.8 Å². The molecule has 1 saturated heterocycles. The zero-order valence-corrected chi connectivity index (χ0v) is 19.7. The second kappa shape index (κ2) is 9.27. The Kier molecular flexibility index (Phi) is 6.44. The van der Waals surface area contributed by atoms with Gasteiger partial charge in [-0.05, 0) is 86.1 Å². The van der Waals surface area contributed by atoms with E-state index in [1.807, 2.05) is 69.3 Å². The van der Waals surface area contributed by atoms with Crippen LogP contribution in [0.4, 0.5) is 4.79 Å². The number of amides is 2. The summed E-state index contributed by atoms with van der Waals surface area (Å²) < 4.78 is 7.65. The van der Waals surface area contributed by atoms with E-state index in [-0.39, 0.29) is 17.7 Å². The second-order valence-corrected chi connectivity index (χ2v) is 8.85. The predicted molar refractivity (Wildman–Crippen MR) is 129 cm³/mol. The number of aromatic nitrogens is 1. The highest BCUT2D eigenvalue weighted by Gasteiger charge is 2.35. The van der Waals surface area contributed by atoms with Gasteiger partial charge in [-0.2, -0.15) is 0 Å². The fourth-order valence-electron chi connectivity index (χ4n) is 3.76. The molecule has 1 fully saturated rings. The molecule has 2 amide bonds. The van der Waals surface area contributed by atoms with Crippen molar-refractivity contribution in [1.82, 2.24) is 9.47 Å². The molecule has 0 radical (unpaired) electrons. The van der Waals surface area contributed by atoms with Crippen LogP contribution in [0.2, 0.25) is 5.02 Å². The van der Waals surface area contributed by atoms with Gasteiger partial charge in [-0.3, -0.25) is 14.5 Å². The van der Waals surface area contributed by atoms with Gasteiger partial charge in [0.2, 0.25) is 0 Å². The standard InChI is InChI=1S/C25H23ClN2O3S/c1-4-31-21-11-9-20(10-12-21)28-16(2)13-19(17(28)3)14-23-24(29)27(25(30)32-23)15-18-7-5-6-8-22(18)26/h5-14H,4,15H2,1-3H3/b23-14-. The van der Waals surface area contributed by atoms with Crippen LogP contribution in [0, 0.1) is 13.8 Å². The molecule has 0 atom stereocenters. The Morgan fingerprint density at radius 1 is 1.06 bits per heavy atom. The molecule has 0 unspecified atom stereocenters. The first-order chi connectivity index (χ1) is 15.4. The number of thioether (sulfide) groups is 1. The average Bonchev–Trinajstić information content (AvgIpc) is 3.20. The maximum absolute atomic E-state index is 13.0. The normalized spacial score (nSPS) is 15.1. The van der Waals surface area contributed by atoms with Crippen LogP contribution >= 0.6 is 23.4 Å². The molecule has 3 aromatic rings. The van der Waals surface area contributed by atoms with E-state index < -0.39 is 0 Å². The van der Waals surface area contributed by atoms with Gasteiger partial charge >= 0.3 is 0 Å². The summed E-state index contributed by atoms with van der Waals surface area (Å²) in [6.07, 6.45) is 1.80. The van der Waals surface area contributed by atoms with Gasteiger partial charge in [0.1, 0.15) is 5.75 Å². The molecular weight excluding hydrogens is 444 g/mol. The summed E-state index contributed by atoms with van der Waals surface area (Å²) in [5, 5.41) is 0.246. The van der Waals surface area contributed by atoms with Gasteiger partial charge in [0.15, 0.2) is 0 Å². The molecule has 2 heterocycles. The van der Waals surface area contributed by atoms with Gasteiger partial charge in [0.25, 0.3) is 11.1 Å². The molecule has 0 saturated carbocycles. The van der Waals surface area contributed by atoms with Crippen LogP contribution in [0.25, 0.3) is 11.8 Å². The summed E-state index contributed by atoms with van der Waals surface area (Å²) in [5.41, 5.74) is 4.68. The third-order valence-electron chi connectivity index (χ3n) is 5.32. The van der Waals surface area contributed by atoms with Crippen molar-refractivity contribution in [3.63, 3.8) is 0 Å². The number of nitrogens with zero attached hydrogens (tertiary/aromatic N) is 2. The Labute approximate surface area is 196 Å². The molecule has 5 nitrogen and oxygen atoms in total. The lowest BCUT2D eigenvalue weighted by atomic mass is 10.2. The maximum Gasteiger partial charge on any atom is 0.293 e. The van der Waals surface area contributed by atoms with Crippen molar-refractivity contribution in [1.29, 1.82) is 0 Å². The zero-order valence-electron chi connectivity index (χ0n) is 18.1. The fraction of sp³-hybridized carbons (Fsp3) is 0.200. The topological polar surface area (TPSA) is 51.5 Å². The summed E-state index contributed by atoms with van der Waals surface area (Å²) in [5.74, 6) is 0.525. The smallest absolute Gasteiger partial charge is 0.293 e. The van der Waals surface area contributed by atoms with Crippen molar-refractivity contribution >= 4 is 40.6 Å². The minimum absolute atomic E-state index is 0.160. The molecule has 0 spiro atoms. The highest BCUT2D eigenvalue weighted by Crippen LogP contribution is 2.35. The van der Waals surface area contributed by atoms with E-state index >= 15 is 0 Å². The Morgan fingerprint density at radius 2 is 1.78 bits per heavy atom. The molecule has 1 aromatic heterocycles. The van der Waals surface area contributed by atoms with Crippen molar-refractivity contribution in [3.05, 3.63) is 87.0 Å². The number of halogens is 1. The van der Waals surface area contributed by atoms with Crippen LogP contribution in [0.15, 0.2) is 59.5 Å². The number of benzene rings is 2. The van der Waals surface area contributed by atoms with Crippen LogP contribution < -0.4 is 4.74 Å².